The molecule has 2 aliphatic carbocycles. The van der Waals surface area contributed by atoms with Crippen LogP contribution in [0.2, 0.25) is 5.02 Å². The van der Waals surface area contributed by atoms with E-state index in [1.807, 2.05) is 6.07 Å². The maximum Gasteiger partial charge on any atom is 0.142 e. The van der Waals surface area contributed by atoms with E-state index in [-0.39, 0.29) is 10.8 Å². The van der Waals surface area contributed by atoms with E-state index in [4.69, 9.17) is 11.6 Å². The molecule has 0 nitrogen and oxygen atoms in total. The van der Waals surface area contributed by atoms with E-state index >= 15 is 0 Å². The summed E-state index contributed by atoms with van der Waals surface area (Å²) < 4.78 is 13.8. The summed E-state index contributed by atoms with van der Waals surface area (Å²) in [5, 5.41) is 0.237. The molecule has 0 N–H and O–H groups in total. The van der Waals surface area contributed by atoms with Crippen LogP contribution in [0.4, 0.5) is 4.39 Å². The van der Waals surface area contributed by atoms with Crippen molar-refractivity contribution >= 4 is 11.6 Å². The lowest BCUT2D eigenvalue weighted by atomic mass is 9.67. The summed E-state index contributed by atoms with van der Waals surface area (Å²) in [6, 6.07) is 16.4. The topological polar surface area (TPSA) is 0 Å². The molecule has 2 fully saturated rings. The summed E-state index contributed by atoms with van der Waals surface area (Å²) in [6.07, 6.45) is 12.0. The fraction of sp³-hybridized carbons (Fsp3) is 0.556. The number of hydrogen-bond donors (Lipinski definition) is 0. The van der Waals surface area contributed by atoms with E-state index in [0.29, 0.717) is 11.8 Å². The number of halogens is 2. The third-order valence-corrected chi connectivity index (χ3v) is 8.11. The summed E-state index contributed by atoms with van der Waals surface area (Å²) in [5.74, 6) is 3.62. The van der Waals surface area contributed by atoms with Gasteiger partial charge in [0.15, 0.2) is 0 Å². The highest BCUT2D eigenvalue weighted by atomic mass is 35.5. The Morgan fingerprint density at radius 3 is 2.10 bits per heavy atom. The first-order valence-corrected chi connectivity index (χ1v) is 12.0. The van der Waals surface area contributed by atoms with E-state index in [0.717, 1.165) is 23.3 Å². The Balaban J connectivity index is 1.23. The average Bonchev–Trinajstić information content (AvgIpc) is 2.77. The summed E-state index contributed by atoms with van der Waals surface area (Å²) in [6.45, 7) is 2.39. The maximum absolute atomic E-state index is 13.8. The van der Waals surface area contributed by atoms with Crippen molar-refractivity contribution in [1.82, 2.24) is 0 Å². The minimum absolute atomic E-state index is 0.237. The maximum atomic E-state index is 13.8. The van der Waals surface area contributed by atoms with Crippen LogP contribution in [-0.4, -0.2) is 0 Å². The van der Waals surface area contributed by atoms with Gasteiger partial charge in [0.2, 0.25) is 0 Å². The third kappa shape index (κ3) is 5.23. The van der Waals surface area contributed by atoms with Gasteiger partial charge in [-0.1, -0.05) is 67.8 Å². The molecule has 0 unspecified atom stereocenters. The van der Waals surface area contributed by atoms with E-state index in [9.17, 15) is 4.39 Å². The second-order valence-electron chi connectivity index (χ2n) is 9.61. The van der Waals surface area contributed by atoms with E-state index in [2.05, 4.69) is 37.3 Å². The van der Waals surface area contributed by atoms with Gasteiger partial charge in [-0.05, 0) is 97.8 Å². The van der Waals surface area contributed by atoms with Crippen molar-refractivity contribution in [3.63, 3.8) is 0 Å². The SMILES string of the molecule is C[C@@H](CC1CCC(C2CCC(c3ccc(Cl)c(F)c3)CC2)CC1)c1ccccc1. The molecule has 0 radical (unpaired) electrons. The van der Waals surface area contributed by atoms with Crippen LogP contribution >= 0.6 is 11.6 Å². The van der Waals surface area contributed by atoms with Gasteiger partial charge in [-0.15, -0.1) is 0 Å². The molecular weight excluding hydrogens is 379 g/mol. The van der Waals surface area contributed by atoms with Crippen LogP contribution in [0.15, 0.2) is 48.5 Å². The van der Waals surface area contributed by atoms with Gasteiger partial charge in [0.05, 0.1) is 5.02 Å². The molecule has 0 amide bonds. The van der Waals surface area contributed by atoms with Crippen molar-refractivity contribution in [3.8, 4) is 0 Å². The van der Waals surface area contributed by atoms with Crippen molar-refractivity contribution in [2.45, 2.75) is 76.5 Å². The number of hydrogen-bond acceptors (Lipinski definition) is 0. The zero-order valence-electron chi connectivity index (χ0n) is 17.6. The predicted octanol–water partition coefficient (Wildman–Crippen LogP) is 8.75. The summed E-state index contributed by atoms with van der Waals surface area (Å²) in [7, 11) is 0. The van der Waals surface area contributed by atoms with Gasteiger partial charge >= 0.3 is 0 Å². The third-order valence-electron chi connectivity index (χ3n) is 7.80. The zero-order valence-corrected chi connectivity index (χ0v) is 18.4. The molecule has 4 rings (SSSR count). The van der Waals surface area contributed by atoms with Gasteiger partial charge in [-0.25, -0.2) is 4.39 Å². The Morgan fingerprint density at radius 2 is 1.48 bits per heavy atom. The molecule has 29 heavy (non-hydrogen) atoms. The molecule has 1 atom stereocenters. The summed E-state index contributed by atoms with van der Waals surface area (Å²) in [5.41, 5.74) is 2.63. The molecule has 2 aliphatic rings. The average molecular weight is 413 g/mol. The van der Waals surface area contributed by atoms with Crippen LogP contribution < -0.4 is 0 Å². The second kappa shape index (κ2) is 9.65. The normalized spacial score (nSPS) is 28.8. The molecule has 2 aromatic rings. The van der Waals surface area contributed by atoms with Crippen molar-refractivity contribution in [2.24, 2.45) is 17.8 Å². The molecule has 0 spiro atoms. The summed E-state index contributed by atoms with van der Waals surface area (Å²) in [4.78, 5) is 0. The Morgan fingerprint density at radius 1 is 0.862 bits per heavy atom. The minimum Gasteiger partial charge on any atom is -0.205 e. The van der Waals surface area contributed by atoms with Crippen LogP contribution in [0.1, 0.15) is 87.7 Å². The molecule has 0 saturated heterocycles. The first-order valence-electron chi connectivity index (χ1n) is 11.6. The Labute approximate surface area is 180 Å². The monoisotopic (exact) mass is 412 g/mol. The molecule has 0 aromatic heterocycles. The lowest BCUT2D eigenvalue weighted by Gasteiger charge is -2.38. The molecule has 0 heterocycles. The van der Waals surface area contributed by atoms with Crippen LogP contribution in [-0.2, 0) is 0 Å². The zero-order chi connectivity index (χ0) is 20.2. The first kappa shape index (κ1) is 20.9. The fourth-order valence-corrected chi connectivity index (χ4v) is 6.12. The molecular formula is C27H34ClF. The minimum atomic E-state index is -0.269. The highest BCUT2D eigenvalue weighted by Crippen LogP contribution is 2.45. The lowest BCUT2D eigenvalue weighted by molar-refractivity contribution is 0.154. The van der Waals surface area contributed by atoms with Gasteiger partial charge < -0.3 is 0 Å². The molecule has 2 aromatic carbocycles. The van der Waals surface area contributed by atoms with Crippen molar-refractivity contribution in [1.29, 1.82) is 0 Å². The lowest BCUT2D eigenvalue weighted by Crippen LogP contribution is -2.25. The molecule has 2 heteroatoms. The van der Waals surface area contributed by atoms with Crippen molar-refractivity contribution in [2.75, 3.05) is 0 Å². The molecule has 2 saturated carbocycles. The van der Waals surface area contributed by atoms with Gasteiger partial charge in [0.1, 0.15) is 5.82 Å². The molecule has 156 valence electrons. The van der Waals surface area contributed by atoms with Gasteiger partial charge in [-0.3, -0.25) is 0 Å². The van der Waals surface area contributed by atoms with Gasteiger partial charge in [-0.2, -0.15) is 0 Å². The highest BCUT2D eigenvalue weighted by Gasteiger charge is 2.31. The first-order chi connectivity index (χ1) is 14.1. The fourth-order valence-electron chi connectivity index (χ4n) is 6.00. The molecule has 0 bridgehead atoms. The van der Waals surface area contributed by atoms with Gasteiger partial charge in [0.25, 0.3) is 0 Å². The van der Waals surface area contributed by atoms with Crippen LogP contribution in [0.5, 0.6) is 0 Å². The Kier molecular flexibility index (Phi) is 6.96. The second-order valence-corrected chi connectivity index (χ2v) is 10.0. The van der Waals surface area contributed by atoms with Crippen LogP contribution in [0.25, 0.3) is 0 Å². The molecule has 0 aliphatic heterocycles. The smallest absolute Gasteiger partial charge is 0.142 e. The van der Waals surface area contributed by atoms with E-state index < -0.39 is 0 Å². The van der Waals surface area contributed by atoms with Crippen molar-refractivity contribution < 1.29 is 4.39 Å². The van der Waals surface area contributed by atoms with Crippen molar-refractivity contribution in [3.05, 3.63) is 70.5 Å². The predicted molar refractivity (Wildman–Crippen MR) is 121 cm³/mol. The Hall–Kier alpha value is -1.34. The quantitative estimate of drug-likeness (QED) is 0.460. The Bertz CT molecular complexity index is 770. The van der Waals surface area contributed by atoms with Crippen LogP contribution in [0, 0.1) is 23.6 Å². The van der Waals surface area contributed by atoms with E-state index in [1.54, 1.807) is 12.1 Å². The highest BCUT2D eigenvalue weighted by molar-refractivity contribution is 6.30. The van der Waals surface area contributed by atoms with Gasteiger partial charge in [0, 0.05) is 0 Å². The summed E-state index contributed by atoms with van der Waals surface area (Å²) >= 11 is 5.85. The van der Waals surface area contributed by atoms with E-state index in [1.165, 1.54) is 63.4 Å². The number of rotatable bonds is 5. The van der Waals surface area contributed by atoms with Crippen LogP contribution in [0.3, 0.4) is 0 Å². The largest absolute Gasteiger partial charge is 0.205 e. The standard InChI is InChI=1S/C27H34ClF/c1-19(21-5-3-2-4-6-21)17-20-7-9-22(10-8-20)23-11-13-24(14-12-23)25-15-16-26(28)27(29)18-25/h2-6,15-16,18-20,22-24H,7-14,17H2,1H3/t19-,20?,22?,23?,24?/m0/s1. The number of benzene rings is 2.